The minimum Gasteiger partial charge on any atom is -0.378 e. The monoisotopic (exact) mass is 399 g/mol. The van der Waals surface area contributed by atoms with E-state index >= 15 is 0 Å². The summed E-state index contributed by atoms with van der Waals surface area (Å²) in [6, 6.07) is 4.70. The Hall–Kier alpha value is -2.17. The topological polar surface area (TPSA) is 97.6 Å². The van der Waals surface area contributed by atoms with Gasteiger partial charge in [-0.25, -0.2) is 18.1 Å². The SMILES string of the molecule is CS(=O)(=O)N(CC(=O)N1CCOCC1)c1ccc(-n2cncn2)c(Cl)c1. The van der Waals surface area contributed by atoms with Gasteiger partial charge < -0.3 is 9.64 Å². The Morgan fingerprint density at radius 2 is 2.08 bits per heavy atom. The number of halogens is 1. The minimum atomic E-state index is -3.67. The zero-order valence-electron chi connectivity index (χ0n) is 14.1. The Balaban J connectivity index is 1.86. The number of aromatic nitrogens is 3. The van der Waals surface area contributed by atoms with E-state index in [1.807, 2.05) is 0 Å². The van der Waals surface area contributed by atoms with Crippen LogP contribution in [0.25, 0.3) is 5.69 Å². The van der Waals surface area contributed by atoms with E-state index in [1.54, 1.807) is 17.0 Å². The number of hydrogen-bond acceptors (Lipinski definition) is 6. The van der Waals surface area contributed by atoms with Crippen LogP contribution in [0.2, 0.25) is 5.02 Å². The van der Waals surface area contributed by atoms with E-state index in [2.05, 4.69) is 10.1 Å². The Kier molecular flexibility index (Phi) is 5.44. The minimum absolute atomic E-state index is 0.282. The number of amides is 1. The number of ether oxygens (including phenoxy) is 1. The summed E-state index contributed by atoms with van der Waals surface area (Å²) in [5.74, 6) is -0.282. The number of nitrogens with zero attached hydrogens (tertiary/aromatic N) is 5. The van der Waals surface area contributed by atoms with Crippen molar-refractivity contribution in [3.05, 3.63) is 35.9 Å². The van der Waals surface area contributed by atoms with E-state index in [0.29, 0.717) is 42.7 Å². The normalized spacial score (nSPS) is 15.1. The number of sulfonamides is 1. The summed E-state index contributed by atoms with van der Waals surface area (Å²) >= 11 is 6.28. The van der Waals surface area contributed by atoms with Gasteiger partial charge in [0.1, 0.15) is 19.2 Å². The van der Waals surface area contributed by atoms with Gasteiger partial charge in [0.25, 0.3) is 0 Å². The molecule has 1 amide bonds. The summed E-state index contributed by atoms with van der Waals surface area (Å²) in [6.45, 7) is 1.49. The Morgan fingerprint density at radius 1 is 1.35 bits per heavy atom. The first-order valence-corrected chi connectivity index (χ1v) is 10.1. The molecule has 2 heterocycles. The highest BCUT2D eigenvalue weighted by molar-refractivity contribution is 7.92. The summed E-state index contributed by atoms with van der Waals surface area (Å²) < 4.78 is 32.2. The summed E-state index contributed by atoms with van der Waals surface area (Å²) in [7, 11) is -3.67. The number of carbonyl (C=O) groups is 1. The molecule has 140 valence electrons. The maximum atomic E-state index is 12.5. The number of carbonyl (C=O) groups excluding carboxylic acids is 1. The van der Waals surface area contributed by atoms with E-state index in [9.17, 15) is 13.2 Å². The molecule has 1 aliphatic rings. The van der Waals surface area contributed by atoms with Gasteiger partial charge in [0.2, 0.25) is 15.9 Å². The van der Waals surface area contributed by atoms with Crippen LogP contribution in [-0.4, -0.2) is 73.1 Å². The van der Waals surface area contributed by atoms with Crippen molar-refractivity contribution in [3.63, 3.8) is 0 Å². The molecule has 9 nitrogen and oxygen atoms in total. The first-order valence-electron chi connectivity index (χ1n) is 7.84. The summed E-state index contributed by atoms with van der Waals surface area (Å²) in [6.07, 6.45) is 3.91. The fourth-order valence-electron chi connectivity index (χ4n) is 2.60. The second-order valence-corrected chi connectivity index (χ2v) is 8.05. The molecule has 0 atom stereocenters. The van der Waals surface area contributed by atoms with Crippen LogP contribution in [0.4, 0.5) is 5.69 Å². The molecule has 0 radical (unpaired) electrons. The van der Waals surface area contributed by atoms with Crippen LogP contribution in [-0.2, 0) is 19.6 Å². The van der Waals surface area contributed by atoms with Crippen LogP contribution in [0.3, 0.4) is 0 Å². The van der Waals surface area contributed by atoms with Crippen molar-refractivity contribution in [2.75, 3.05) is 43.4 Å². The van der Waals surface area contributed by atoms with Gasteiger partial charge in [0, 0.05) is 13.1 Å². The Labute approximate surface area is 156 Å². The van der Waals surface area contributed by atoms with Crippen molar-refractivity contribution in [2.24, 2.45) is 0 Å². The molecule has 3 rings (SSSR count). The lowest BCUT2D eigenvalue weighted by molar-refractivity contribution is -0.133. The van der Waals surface area contributed by atoms with Crippen LogP contribution >= 0.6 is 11.6 Å². The average molecular weight is 400 g/mol. The maximum Gasteiger partial charge on any atom is 0.243 e. The Bertz CT molecular complexity index is 881. The zero-order valence-corrected chi connectivity index (χ0v) is 15.6. The molecule has 11 heteroatoms. The average Bonchev–Trinajstić information content (AvgIpc) is 3.13. The summed E-state index contributed by atoms with van der Waals surface area (Å²) in [5.41, 5.74) is 0.865. The first-order chi connectivity index (χ1) is 12.4. The van der Waals surface area contributed by atoms with Gasteiger partial charge in [-0.3, -0.25) is 9.10 Å². The first kappa shape index (κ1) is 18.6. The largest absolute Gasteiger partial charge is 0.378 e. The zero-order chi connectivity index (χ0) is 18.7. The molecule has 1 fully saturated rings. The van der Waals surface area contributed by atoms with E-state index in [-0.39, 0.29) is 12.5 Å². The van der Waals surface area contributed by atoms with Gasteiger partial charge in [0.15, 0.2) is 0 Å². The van der Waals surface area contributed by atoms with E-state index in [4.69, 9.17) is 16.3 Å². The second kappa shape index (κ2) is 7.60. The highest BCUT2D eigenvalue weighted by Gasteiger charge is 2.25. The van der Waals surface area contributed by atoms with E-state index < -0.39 is 10.0 Å². The quantitative estimate of drug-likeness (QED) is 0.728. The molecule has 0 saturated carbocycles. The third kappa shape index (κ3) is 4.14. The predicted molar refractivity (Wildman–Crippen MR) is 96.0 cm³/mol. The third-order valence-corrected chi connectivity index (χ3v) is 5.37. The van der Waals surface area contributed by atoms with Crippen LogP contribution < -0.4 is 4.31 Å². The van der Waals surface area contributed by atoms with E-state index in [0.717, 1.165) is 10.6 Å². The number of anilines is 1. The van der Waals surface area contributed by atoms with Crippen molar-refractivity contribution in [3.8, 4) is 5.69 Å². The molecule has 1 aliphatic heterocycles. The summed E-state index contributed by atoms with van der Waals surface area (Å²) in [5, 5.41) is 4.29. The van der Waals surface area contributed by atoms with Gasteiger partial charge in [0.05, 0.1) is 35.9 Å². The van der Waals surface area contributed by atoms with Crippen molar-refractivity contribution in [1.29, 1.82) is 0 Å². The number of rotatable bonds is 5. The molecule has 0 N–H and O–H groups in total. The standard InChI is InChI=1S/C15H18ClN5O4S/c1-26(23,24)21(9-15(22)19-4-6-25-7-5-19)12-2-3-14(13(16)8-12)20-11-17-10-18-20/h2-3,8,10-11H,4-7,9H2,1H3. The molecular formula is C15H18ClN5O4S. The second-order valence-electron chi connectivity index (χ2n) is 5.74. The molecule has 1 aromatic heterocycles. The molecule has 0 aliphatic carbocycles. The Morgan fingerprint density at radius 3 is 2.65 bits per heavy atom. The van der Waals surface area contributed by atoms with Gasteiger partial charge >= 0.3 is 0 Å². The molecule has 2 aromatic rings. The number of benzene rings is 1. The smallest absolute Gasteiger partial charge is 0.243 e. The third-order valence-electron chi connectivity index (χ3n) is 3.93. The highest BCUT2D eigenvalue weighted by atomic mass is 35.5. The lowest BCUT2D eigenvalue weighted by atomic mass is 10.2. The number of hydrogen-bond donors (Lipinski definition) is 0. The van der Waals surface area contributed by atoms with Crippen molar-refractivity contribution >= 4 is 33.2 Å². The molecule has 0 unspecified atom stereocenters. The molecule has 0 spiro atoms. The van der Waals surface area contributed by atoms with Gasteiger partial charge in [-0.15, -0.1) is 0 Å². The van der Waals surface area contributed by atoms with Crippen LogP contribution in [0.5, 0.6) is 0 Å². The molecule has 0 bridgehead atoms. The van der Waals surface area contributed by atoms with Crippen molar-refractivity contribution < 1.29 is 17.9 Å². The highest BCUT2D eigenvalue weighted by Crippen LogP contribution is 2.27. The van der Waals surface area contributed by atoms with E-state index in [1.165, 1.54) is 23.4 Å². The molecule has 1 aromatic carbocycles. The fourth-order valence-corrected chi connectivity index (χ4v) is 3.71. The molecular weight excluding hydrogens is 382 g/mol. The maximum absolute atomic E-state index is 12.5. The fraction of sp³-hybridized carbons (Fsp3) is 0.400. The lowest BCUT2D eigenvalue weighted by Crippen LogP contribution is -2.47. The van der Waals surface area contributed by atoms with Crippen LogP contribution in [0.1, 0.15) is 0 Å². The predicted octanol–water partition coefficient (Wildman–Crippen LogP) is 0.546. The van der Waals surface area contributed by atoms with Gasteiger partial charge in [-0.1, -0.05) is 11.6 Å². The van der Waals surface area contributed by atoms with Crippen molar-refractivity contribution in [1.82, 2.24) is 19.7 Å². The molecule has 26 heavy (non-hydrogen) atoms. The van der Waals surface area contributed by atoms with Crippen molar-refractivity contribution in [2.45, 2.75) is 0 Å². The van der Waals surface area contributed by atoms with Gasteiger partial charge in [-0.05, 0) is 18.2 Å². The summed E-state index contributed by atoms with van der Waals surface area (Å²) in [4.78, 5) is 17.9. The van der Waals surface area contributed by atoms with Crippen LogP contribution in [0.15, 0.2) is 30.9 Å². The van der Waals surface area contributed by atoms with Crippen LogP contribution in [0, 0.1) is 0 Å². The molecule has 1 saturated heterocycles. The number of morpholine rings is 1. The lowest BCUT2D eigenvalue weighted by Gasteiger charge is -2.30. The van der Waals surface area contributed by atoms with Gasteiger partial charge in [-0.2, -0.15) is 5.10 Å².